The first-order valence-electron chi connectivity index (χ1n) is 10.9. The molecule has 1 amide bonds. The van der Waals surface area contributed by atoms with E-state index in [0.29, 0.717) is 0 Å². The molecule has 35 heavy (non-hydrogen) atoms. The van der Waals surface area contributed by atoms with Gasteiger partial charge in [-0.2, -0.15) is 9.97 Å². The summed E-state index contributed by atoms with van der Waals surface area (Å²) in [7, 11) is 0. The van der Waals surface area contributed by atoms with Crippen LogP contribution < -0.4 is 10.1 Å². The molecule has 0 radical (unpaired) electrons. The van der Waals surface area contributed by atoms with Crippen LogP contribution in [0.1, 0.15) is 30.4 Å². The van der Waals surface area contributed by atoms with Gasteiger partial charge in [0.25, 0.3) is 0 Å². The molecule has 0 aliphatic carbocycles. The number of amides is 1. The number of carbonyl (C=O) groups excluding carboxylic acids is 1. The van der Waals surface area contributed by atoms with Gasteiger partial charge in [-0.1, -0.05) is 60.7 Å². The fraction of sp³-hybridized carbons (Fsp3) is 0.250. The standard InChI is InChI=1S/C24H23N5O6/c1-13(30)26-24-27-20-16(25-12-29(20)22-17(31)18(32)23(33)35-22)21(28-24)34-19(14-8-4-2-5-9-14)15-10-6-3-7-11-15/h2-12,17-19,22-23,31-33H,1H3,(H,26,27,28,30)/t17-,18+,22-,23+/m1/s1. The lowest BCUT2D eigenvalue weighted by Gasteiger charge is -2.20. The van der Waals surface area contributed by atoms with Crippen LogP contribution in [0.2, 0.25) is 0 Å². The van der Waals surface area contributed by atoms with Gasteiger partial charge in [-0.05, 0) is 11.1 Å². The highest BCUT2D eigenvalue weighted by Crippen LogP contribution is 2.35. The summed E-state index contributed by atoms with van der Waals surface area (Å²) < 4.78 is 13.0. The second kappa shape index (κ2) is 9.39. The largest absolute Gasteiger partial charge is 0.463 e. The van der Waals surface area contributed by atoms with Crippen LogP contribution in [-0.2, 0) is 9.53 Å². The molecule has 1 aliphatic heterocycles. The van der Waals surface area contributed by atoms with Crippen molar-refractivity contribution in [2.24, 2.45) is 0 Å². The van der Waals surface area contributed by atoms with E-state index in [1.807, 2.05) is 60.7 Å². The number of nitrogens with one attached hydrogen (secondary N) is 1. The summed E-state index contributed by atoms with van der Waals surface area (Å²) in [6, 6.07) is 19.1. The maximum atomic E-state index is 11.8. The van der Waals surface area contributed by atoms with Crippen LogP contribution in [-0.4, -0.2) is 59.2 Å². The fourth-order valence-corrected chi connectivity index (χ4v) is 3.94. The number of nitrogens with zero attached hydrogens (tertiary/aromatic N) is 4. The van der Waals surface area contributed by atoms with Crippen LogP contribution in [0.5, 0.6) is 5.88 Å². The molecule has 11 heteroatoms. The number of ether oxygens (including phenoxy) is 2. The number of hydrogen-bond donors (Lipinski definition) is 4. The summed E-state index contributed by atoms with van der Waals surface area (Å²) in [6.45, 7) is 1.32. The Labute approximate surface area is 199 Å². The molecule has 1 fully saturated rings. The van der Waals surface area contributed by atoms with Crippen LogP contribution >= 0.6 is 0 Å². The normalized spacial score (nSPS) is 22.0. The quantitative estimate of drug-likeness (QED) is 0.324. The van der Waals surface area contributed by atoms with Crippen molar-refractivity contribution in [3.05, 3.63) is 78.1 Å². The minimum absolute atomic E-state index is 0.0461. The van der Waals surface area contributed by atoms with Crippen molar-refractivity contribution < 1.29 is 29.6 Å². The third kappa shape index (κ3) is 4.45. The first kappa shape index (κ1) is 22.9. The van der Waals surface area contributed by atoms with Crippen LogP contribution in [0.25, 0.3) is 11.2 Å². The van der Waals surface area contributed by atoms with Crippen molar-refractivity contribution in [2.45, 2.75) is 37.8 Å². The number of aliphatic hydroxyl groups is 3. The molecule has 4 aromatic rings. The highest BCUT2D eigenvalue weighted by Gasteiger charge is 2.43. The molecule has 1 saturated heterocycles. The van der Waals surface area contributed by atoms with Crippen LogP contribution in [0.3, 0.4) is 0 Å². The highest BCUT2D eigenvalue weighted by molar-refractivity contribution is 5.88. The number of aliphatic hydroxyl groups excluding tert-OH is 3. The molecular formula is C24H23N5O6. The number of rotatable bonds is 6. The monoisotopic (exact) mass is 477 g/mol. The molecule has 0 saturated carbocycles. The van der Waals surface area contributed by atoms with Gasteiger partial charge in [-0.25, -0.2) is 4.98 Å². The molecule has 180 valence electrons. The topological polar surface area (TPSA) is 152 Å². The van der Waals surface area contributed by atoms with Crippen molar-refractivity contribution in [2.75, 3.05) is 5.32 Å². The third-order valence-electron chi connectivity index (χ3n) is 5.60. The van der Waals surface area contributed by atoms with E-state index in [4.69, 9.17) is 9.47 Å². The summed E-state index contributed by atoms with van der Waals surface area (Å²) >= 11 is 0. The predicted octanol–water partition coefficient (Wildman–Crippen LogP) is 1.52. The Morgan fingerprint density at radius 3 is 2.17 bits per heavy atom. The Balaban J connectivity index is 1.62. The zero-order valence-corrected chi connectivity index (χ0v) is 18.6. The number of imidazole rings is 1. The Morgan fingerprint density at radius 2 is 1.63 bits per heavy atom. The SMILES string of the molecule is CC(=O)Nc1nc(OC(c2ccccc2)c2ccccc2)c2ncn([C@@H]3O[C@H](O)[C@@H](O)[C@H]3O)c2n1. The lowest BCUT2D eigenvalue weighted by molar-refractivity contribution is -0.141. The number of hydrogen-bond acceptors (Lipinski definition) is 9. The third-order valence-corrected chi connectivity index (χ3v) is 5.60. The second-order valence-corrected chi connectivity index (χ2v) is 8.08. The molecule has 1 aliphatic rings. The van der Waals surface area contributed by atoms with Gasteiger partial charge in [0, 0.05) is 6.92 Å². The van der Waals surface area contributed by atoms with Gasteiger partial charge in [0.05, 0.1) is 6.33 Å². The molecule has 4 N–H and O–H groups in total. The molecule has 4 atom stereocenters. The van der Waals surface area contributed by atoms with Gasteiger partial charge in [-0.3, -0.25) is 14.7 Å². The molecule has 2 aromatic carbocycles. The summed E-state index contributed by atoms with van der Waals surface area (Å²) in [4.78, 5) is 24.8. The zero-order chi connectivity index (χ0) is 24.5. The Bertz CT molecular complexity index is 1290. The lowest BCUT2D eigenvalue weighted by Crippen LogP contribution is -2.31. The average Bonchev–Trinajstić information content (AvgIpc) is 3.39. The van der Waals surface area contributed by atoms with Crippen LogP contribution in [0.4, 0.5) is 5.95 Å². The van der Waals surface area contributed by atoms with E-state index in [1.54, 1.807) is 0 Å². The molecule has 5 rings (SSSR count). The molecule has 2 aromatic heterocycles. The summed E-state index contributed by atoms with van der Waals surface area (Å²) in [6.07, 6.45) is -4.92. The average molecular weight is 477 g/mol. The minimum Gasteiger partial charge on any atom is -0.463 e. The number of carbonyl (C=O) groups is 1. The maximum absolute atomic E-state index is 11.8. The van der Waals surface area contributed by atoms with E-state index < -0.39 is 36.7 Å². The fourth-order valence-electron chi connectivity index (χ4n) is 3.94. The van der Waals surface area contributed by atoms with E-state index in [9.17, 15) is 20.1 Å². The van der Waals surface area contributed by atoms with E-state index in [1.165, 1.54) is 17.8 Å². The van der Waals surface area contributed by atoms with Gasteiger partial charge >= 0.3 is 0 Å². The van der Waals surface area contributed by atoms with Gasteiger partial charge in [0.15, 0.2) is 29.8 Å². The maximum Gasteiger partial charge on any atom is 0.248 e. The van der Waals surface area contributed by atoms with Crippen molar-refractivity contribution in [3.8, 4) is 5.88 Å². The van der Waals surface area contributed by atoms with Crippen molar-refractivity contribution in [1.82, 2.24) is 19.5 Å². The smallest absolute Gasteiger partial charge is 0.248 e. The summed E-state index contributed by atoms with van der Waals surface area (Å²) in [5.41, 5.74) is 2.14. The molecule has 0 spiro atoms. The first-order chi connectivity index (χ1) is 16.9. The zero-order valence-electron chi connectivity index (χ0n) is 18.6. The summed E-state index contributed by atoms with van der Waals surface area (Å²) in [5, 5.41) is 32.7. The number of anilines is 1. The van der Waals surface area contributed by atoms with Gasteiger partial charge < -0.3 is 24.8 Å². The number of aromatic nitrogens is 4. The highest BCUT2D eigenvalue weighted by atomic mass is 16.7. The number of fused-ring (bicyclic) bond motifs is 1. The summed E-state index contributed by atoms with van der Waals surface area (Å²) in [5.74, 6) is -0.356. The minimum atomic E-state index is -1.58. The Morgan fingerprint density at radius 1 is 1.00 bits per heavy atom. The molecule has 0 unspecified atom stereocenters. The van der Waals surface area contributed by atoms with Crippen LogP contribution in [0, 0.1) is 0 Å². The van der Waals surface area contributed by atoms with E-state index in [-0.39, 0.29) is 23.0 Å². The van der Waals surface area contributed by atoms with E-state index in [0.717, 1.165) is 11.1 Å². The van der Waals surface area contributed by atoms with Crippen molar-refractivity contribution in [3.63, 3.8) is 0 Å². The van der Waals surface area contributed by atoms with Gasteiger partial charge in [0.2, 0.25) is 17.7 Å². The first-order valence-corrected chi connectivity index (χ1v) is 10.9. The van der Waals surface area contributed by atoms with Crippen molar-refractivity contribution >= 4 is 23.0 Å². The van der Waals surface area contributed by atoms with E-state index in [2.05, 4.69) is 20.3 Å². The molecular weight excluding hydrogens is 454 g/mol. The lowest BCUT2D eigenvalue weighted by atomic mass is 10.0. The predicted molar refractivity (Wildman–Crippen MR) is 123 cm³/mol. The van der Waals surface area contributed by atoms with Crippen LogP contribution in [0.15, 0.2) is 67.0 Å². The van der Waals surface area contributed by atoms with Gasteiger partial charge in [-0.15, -0.1) is 0 Å². The number of benzene rings is 2. The molecule has 3 heterocycles. The van der Waals surface area contributed by atoms with Crippen molar-refractivity contribution in [1.29, 1.82) is 0 Å². The Kier molecular flexibility index (Phi) is 6.14. The molecule has 0 bridgehead atoms. The van der Waals surface area contributed by atoms with Gasteiger partial charge in [0.1, 0.15) is 12.2 Å². The second-order valence-electron chi connectivity index (χ2n) is 8.08. The molecule has 11 nitrogen and oxygen atoms in total. The van der Waals surface area contributed by atoms with E-state index >= 15 is 0 Å². The Hall–Kier alpha value is -3.90.